The first kappa shape index (κ1) is 19.8. The van der Waals surface area contributed by atoms with Crippen LogP contribution in [0.5, 0.6) is 6.01 Å². The highest BCUT2D eigenvalue weighted by Crippen LogP contribution is 2.19. The van der Waals surface area contributed by atoms with Gasteiger partial charge in [-0.05, 0) is 13.3 Å². The van der Waals surface area contributed by atoms with Crippen LogP contribution < -0.4 is 15.4 Å². The van der Waals surface area contributed by atoms with Crippen molar-refractivity contribution in [2.45, 2.75) is 18.9 Å². The number of carbonyl (C=O) groups excluding carboxylic acids is 2. The van der Waals surface area contributed by atoms with Crippen LogP contribution >= 0.6 is 0 Å². The summed E-state index contributed by atoms with van der Waals surface area (Å²) in [6, 6.07) is -0.439. The maximum Gasteiger partial charge on any atom is 0.322 e. The molecule has 0 aromatic carbocycles. The molecule has 0 saturated carbocycles. The van der Waals surface area contributed by atoms with Crippen LogP contribution in [0.3, 0.4) is 0 Å². The quantitative estimate of drug-likeness (QED) is 0.505. The highest BCUT2D eigenvalue weighted by atomic mass is 32.2. The fourth-order valence-corrected chi connectivity index (χ4v) is 4.58. The van der Waals surface area contributed by atoms with Crippen LogP contribution in [0.1, 0.15) is 18.9 Å². The van der Waals surface area contributed by atoms with Crippen molar-refractivity contribution in [3.8, 4) is 17.9 Å². The second-order valence-electron chi connectivity index (χ2n) is 6.54. The van der Waals surface area contributed by atoms with Crippen LogP contribution in [0, 0.1) is 11.8 Å². The first-order valence-corrected chi connectivity index (χ1v) is 10.0. The van der Waals surface area contributed by atoms with E-state index in [1.807, 2.05) is 0 Å². The Balaban J connectivity index is 1.65. The number of rotatable bonds is 4. The zero-order valence-corrected chi connectivity index (χ0v) is 16.2. The lowest BCUT2D eigenvalue weighted by Gasteiger charge is -2.28. The van der Waals surface area contributed by atoms with Crippen LogP contribution in [0.2, 0.25) is 0 Å². The third-order valence-corrected chi connectivity index (χ3v) is 6.39. The molecule has 0 bridgehead atoms. The second-order valence-corrected chi connectivity index (χ2v) is 8.51. The average molecular weight is 405 g/mol. The van der Waals surface area contributed by atoms with Gasteiger partial charge in [-0.15, -0.1) is 0 Å². The van der Waals surface area contributed by atoms with E-state index in [4.69, 9.17) is 4.74 Å². The number of ether oxygens (including phenoxy) is 1. The summed E-state index contributed by atoms with van der Waals surface area (Å²) in [5, 5.41) is 4.43. The third-order valence-electron chi connectivity index (χ3n) is 4.33. The van der Waals surface area contributed by atoms with Gasteiger partial charge in [-0.2, -0.15) is 4.31 Å². The highest BCUT2D eigenvalue weighted by molar-refractivity contribution is 7.89. The second kappa shape index (κ2) is 7.57. The van der Waals surface area contributed by atoms with Crippen LogP contribution in [-0.2, 0) is 14.8 Å². The lowest BCUT2D eigenvalue weighted by atomic mass is 10.1. The normalized spacial score (nSPS) is 22.6. The first-order chi connectivity index (χ1) is 13.2. The van der Waals surface area contributed by atoms with Crippen LogP contribution in [0.25, 0.3) is 0 Å². The fourth-order valence-electron chi connectivity index (χ4n) is 2.79. The molecule has 10 nitrogen and oxygen atoms in total. The molecule has 0 spiro atoms. The molecule has 1 saturated heterocycles. The molecule has 0 aliphatic carbocycles. The van der Waals surface area contributed by atoms with Gasteiger partial charge in [0.15, 0.2) is 0 Å². The summed E-state index contributed by atoms with van der Waals surface area (Å²) in [5.74, 6) is 4.76. The van der Waals surface area contributed by atoms with Gasteiger partial charge in [0.05, 0.1) is 18.4 Å². The van der Waals surface area contributed by atoms with Crippen molar-refractivity contribution in [2.24, 2.45) is 0 Å². The molecular weight excluding hydrogens is 386 g/mol. The number of imide groups is 1. The number of nitrogens with zero attached hydrogens (tertiary/aromatic N) is 3. The molecule has 2 N–H and O–H groups in total. The van der Waals surface area contributed by atoms with E-state index >= 15 is 0 Å². The lowest BCUT2D eigenvalue weighted by molar-refractivity contribution is -0.122. The summed E-state index contributed by atoms with van der Waals surface area (Å²) in [7, 11) is -2.28. The van der Waals surface area contributed by atoms with Gasteiger partial charge in [-0.1, -0.05) is 17.9 Å². The molecule has 11 heteroatoms. The molecule has 28 heavy (non-hydrogen) atoms. The summed E-state index contributed by atoms with van der Waals surface area (Å²) < 4.78 is 31.5. The topological polar surface area (TPSA) is 131 Å². The molecule has 0 radical (unpaired) electrons. The van der Waals surface area contributed by atoms with E-state index in [1.54, 1.807) is 18.5 Å². The minimum atomic E-state index is -3.75. The fraction of sp³-hybridized carbons (Fsp3) is 0.412. The van der Waals surface area contributed by atoms with Gasteiger partial charge in [0, 0.05) is 31.1 Å². The monoisotopic (exact) mass is 405 g/mol. The minimum Gasteiger partial charge on any atom is -0.467 e. The molecular formula is C17H19N5O5S. The van der Waals surface area contributed by atoms with E-state index in [0.717, 1.165) is 5.57 Å². The molecule has 1 aromatic rings. The highest BCUT2D eigenvalue weighted by Gasteiger charge is 2.46. The third kappa shape index (κ3) is 4.29. The summed E-state index contributed by atoms with van der Waals surface area (Å²) in [6.45, 7) is 1.78. The SMILES string of the molecule is COc1ncc(C#CC2=CCN(S(=O)(=O)CC3(C)NC(=O)NC3=O)CC2)cn1. The van der Waals surface area contributed by atoms with Crippen molar-refractivity contribution in [3.63, 3.8) is 0 Å². The van der Waals surface area contributed by atoms with Crippen LogP contribution in [-0.4, -0.2) is 66.1 Å². The Labute approximate surface area is 162 Å². The van der Waals surface area contributed by atoms with E-state index < -0.39 is 33.3 Å². The van der Waals surface area contributed by atoms with Gasteiger partial charge in [-0.3, -0.25) is 10.1 Å². The largest absolute Gasteiger partial charge is 0.467 e. The number of carbonyl (C=O) groups is 2. The van der Waals surface area contributed by atoms with Crippen molar-refractivity contribution in [3.05, 3.63) is 29.6 Å². The molecule has 1 fully saturated rings. The number of sulfonamides is 1. The predicted octanol–water partition coefficient (Wildman–Crippen LogP) is -0.603. The predicted molar refractivity (Wildman–Crippen MR) is 98.6 cm³/mol. The van der Waals surface area contributed by atoms with Crippen molar-refractivity contribution < 1.29 is 22.7 Å². The minimum absolute atomic E-state index is 0.150. The first-order valence-electron chi connectivity index (χ1n) is 8.40. The van der Waals surface area contributed by atoms with Gasteiger partial charge in [0.1, 0.15) is 5.54 Å². The van der Waals surface area contributed by atoms with E-state index in [0.29, 0.717) is 12.0 Å². The van der Waals surface area contributed by atoms with Crippen molar-refractivity contribution >= 4 is 22.0 Å². The summed E-state index contributed by atoms with van der Waals surface area (Å²) in [4.78, 5) is 31.1. The molecule has 1 atom stereocenters. The number of amides is 3. The van der Waals surface area contributed by atoms with Crippen LogP contribution in [0.4, 0.5) is 4.79 Å². The van der Waals surface area contributed by atoms with Gasteiger partial charge in [0.25, 0.3) is 5.91 Å². The molecule has 1 aromatic heterocycles. The van der Waals surface area contributed by atoms with Gasteiger partial charge in [-0.25, -0.2) is 23.2 Å². The van der Waals surface area contributed by atoms with E-state index in [9.17, 15) is 18.0 Å². The van der Waals surface area contributed by atoms with E-state index in [1.165, 1.54) is 18.3 Å². The van der Waals surface area contributed by atoms with Crippen molar-refractivity contribution in [2.75, 3.05) is 26.0 Å². The maximum absolute atomic E-state index is 12.6. The Kier molecular flexibility index (Phi) is 5.35. The molecule has 2 aliphatic rings. The van der Waals surface area contributed by atoms with E-state index in [-0.39, 0.29) is 19.1 Å². The van der Waals surface area contributed by atoms with Crippen molar-refractivity contribution in [1.82, 2.24) is 24.9 Å². The van der Waals surface area contributed by atoms with Gasteiger partial charge < -0.3 is 10.1 Å². The van der Waals surface area contributed by atoms with Crippen molar-refractivity contribution in [1.29, 1.82) is 0 Å². The van der Waals surface area contributed by atoms with Gasteiger partial charge >= 0.3 is 12.0 Å². The maximum atomic E-state index is 12.6. The standard InChI is InChI=1S/C17H19N5O5S/c1-17(14(23)20-15(24)21-17)11-28(25,26)22-7-5-12(6-8-22)3-4-13-9-18-16(27-2)19-10-13/h5,9-10H,6-8,11H2,1-2H3,(H2,20,21,23,24). The Morgan fingerprint density at radius 3 is 2.54 bits per heavy atom. The summed E-state index contributed by atoms with van der Waals surface area (Å²) in [5.41, 5.74) is -0.0540. The molecule has 2 aliphatic heterocycles. The average Bonchev–Trinajstić information content (AvgIpc) is 2.91. The number of hydrogen-bond donors (Lipinski definition) is 2. The number of methoxy groups -OCH3 is 1. The Hall–Kier alpha value is -2.97. The molecule has 148 valence electrons. The number of nitrogens with one attached hydrogen (secondary N) is 2. The molecule has 3 heterocycles. The van der Waals surface area contributed by atoms with Crippen LogP contribution in [0.15, 0.2) is 24.0 Å². The number of urea groups is 1. The molecule has 3 rings (SSSR count). The Morgan fingerprint density at radius 2 is 2.00 bits per heavy atom. The number of hydrogen-bond acceptors (Lipinski definition) is 7. The molecule has 3 amide bonds. The summed E-state index contributed by atoms with van der Waals surface area (Å²) >= 11 is 0. The Morgan fingerprint density at radius 1 is 1.29 bits per heavy atom. The molecule has 1 unspecified atom stereocenters. The van der Waals surface area contributed by atoms with Gasteiger partial charge in [0.2, 0.25) is 10.0 Å². The lowest BCUT2D eigenvalue weighted by Crippen LogP contribution is -2.52. The number of aromatic nitrogens is 2. The smallest absolute Gasteiger partial charge is 0.322 e. The van der Waals surface area contributed by atoms with E-state index in [2.05, 4.69) is 32.4 Å². The zero-order valence-electron chi connectivity index (χ0n) is 15.4. The summed E-state index contributed by atoms with van der Waals surface area (Å²) in [6.07, 6.45) is 5.26. The zero-order chi connectivity index (χ0) is 20.4. The Bertz CT molecular complexity index is 993.